The Morgan fingerprint density at radius 2 is 2.12 bits per heavy atom. The summed E-state index contributed by atoms with van der Waals surface area (Å²) >= 11 is 0. The summed E-state index contributed by atoms with van der Waals surface area (Å²) in [6, 6.07) is 7.90. The first-order valence-electron chi connectivity index (χ1n) is 9.88. The quantitative estimate of drug-likeness (QED) is 0.789. The number of hydrogen-bond donors (Lipinski definition) is 3. The minimum Gasteiger partial charge on any atom is -0.390 e. The van der Waals surface area contributed by atoms with Crippen molar-refractivity contribution in [2.24, 2.45) is 16.7 Å². The van der Waals surface area contributed by atoms with Gasteiger partial charge in [0, 0.05) is 0 Å². The zero-order valence-corrected chi connectivity index (χ0v) is 15.3. The zero-order chi connectivity index (χ0) is 18.0. The molecule has 0 spiro atoms. The fraction of sp³-hybridized carbons (Fsp3) is 0.619. The molecule has 2 aromatic rings. The van der Waals surface area contributed by atoms with Crippen molar-refractivity contribution in [3.05, 3.63) is 30.1 Å². The Morgan fingerprint density at radius 3 is 2.88 bits per heavy atom. The number of aromatic amines is 1. The van der Waals surface area contributed by atoms with Crippen molar-refractivity contribution in [3.63, 3.8) is 0 Å². The molecule has 3 N–H and O–H groups in total. The van der Waals surface area contributed by atoms with Crippen LogP contribution in [0.25, 0.3) is 11.0 Å². The predicted octanol–water partition coefficient (Wildman–Crippen LogP) is 3.29. The Morgan fingerprint density at radius 1 is 1.27 bits per heavy atom. The topological polar surface area (TPSA) is 78.0 Å². The van der Waals surface area contributed by atoms with Crippen LogP contribution in [-0.4, -0.2) is 26.6 Å². The molecule has 6 rings (SSSR count). The highest BCUT2D eigenvalue weighted by atomic mass is 16.3. The number of carbonyl (C=O) groups excluding carboxylic acids is 1. The van der Waals surface area contributed by atoms with Gasteiger partial charge in [-0.05, 0) is 62.0 Å². The first kappa shape index (κ1) is 16.3. The number of aliphatic hydroxyl groups is 1. The average Bonchev–Trinajstić information content (AvgIpc) is 3.00. The number of imidazole rings is 1. The number of benzene rings is 1. The third-order valence-corrected chi connectivity index (χ3v) is 7.24. The van der Waals surface area contributed by atoms with E-state index in [0.29, 0.717) is 18.9 Å². The van der Waals surface area contributed by atoms with Crippen molar-refractivity contribution in [1.29, 1.82) is 0 Å². The molecule has 5 nitrogen and oxygen atoms in total. The van der Waals surface area contributed by atoms with Gasteiger partial charge in [0.2, 0.25) is 5.91 Å². The van der Waals surface area contributed by atoms with Gasteiger partial charge in [0.25, 0.3) is 0 Å². The van der Waals surface area contributed by atoms with Gasteiger partial charge in [0.1, 0.15) is 5.82 Å². The molecule has 4 aliphatic rings. The average molecular weight is 353 g/mol. The minimum atomic E-state index is -0.633. The molecular formula is C21H27N3O2. The van der Waals surface area contributed by atoms with Crippen LogP contribution in [0.3, 0.4) is 0 Å². The maximum Gasteiger partial charge on any atom is 0.226 e. The standard InChI is InChI=1S/C21H27N3O2/c1-2-19-7-14-8-20(11-19,13-21(26,9-14)12-19)18(25)22-10-17-23-15-5-3-4-6-16(15)24-17/h3-6,14,26H,2,7-13H2,1H3,(H,22,25)(H,23,24)/t14-,19+,20-,21-/m1/s1. The lowest BCUT2D eigenvalue weighted by Crippen LogP contribution is -2.63. The highest BCUT2D eigenvalue weighted by Crippen LogP contribution is 2.67. The molecule has 1 aromatic heterocycles. The summed E-state index contributed by atoms with van der Waals surface area (Å²) in [5.74, 6) is 1.39. The highest BCUT2D eigenvalue weighted by Gasteiger charge is 2.64. The van der Waals surface area contributed by atoms with Gasteiger partial charge in [-0.25, -0.2) is 4.98 Å². The lowest BCUT2D eigenvalue weighted by molar-refractivity contribution is -0.204. The smallest absolute Gasteiger partial charge is 0.226 e. The lowest BCUT2D eigenvalue weighted by Gasteiger charge is -2.64. The van der Waals surface area contributed by atoms with E-state index in [2.05, 4.69) is 22.2 Å². The molecule has 4 atom stereocenters. The number of rotatable bonds is 4. The van der Waals surface area contributed by atoms with Gasteiger partial charge in [-0.1, -0.05) is 25.5 Å². The van der Waals surface area contributed by atoms with Crippen LogP contribution < -0.4 is 5.32 Å². The van der Waals surface area contributed by atoms with Crippen molar-refractivity contribution in [3.8, 4) is 0 Å². The van der Waals surface area contributed by atoms with E-state index in [4.69, 9.17) is 0 Å². The first-order valence-corrected chi connectivity index (χ1v) is 9.88. The Bertz CT molecular complexity index is 844. The normalized spacial score (nSPS) is 38.0. The second-order valence-corrected chi connectivity index (χ2v) is 9.25. The van der Waals surface area contributed by atoms with Crippen LogP contribution in [0.1, 0.15) is 57.7 Å². The van der Waals surface area contributed by atoms with E-state index in [1.54, 1.807) is 0 Å². The molecule has 1 aromatic carbocycles. The number of nitrogens with one attached hydrogen (secondary N) is 2. The second kappa shape index (κ2) is 5.32. The fourth-order valence-corrected chi connectivity index (χ4v) is 6.67. The lowest BCUT2D eigenvalue weighted by atomic mass is 9.42. The van der Waals surface area contributed by atoms with Crippen LogP contribution in [0.4, 0.5) is 0 Å². The van der Waals surface area contributed by atoms with E-state index in [0.717, 1.165) is 49.0 Å². The van der Waals surface area contributed by atoms with E-state index in [9.17, 15) is 9.90 Å². The number of para-hydroxylation sites is 2. The van der Waals surface area contributed by atoms with Gasteiger partial charge in [-0.3, -0.25) is 4.79 Å². The van der Waals surface area contributed by atoms with Crippen LogP contribution in [-0.2, 0) is 11.3 Å². The highest BCUT2D eigenvalue weighted by molar-refractivity contribution is 5.83. The number of H-pyrrole nitrogens is 1. The van der Waals surface area contributed by atoms with Crippen LogP contribution >= 0.6 is 0 Å². The molecular weight excluding hydrogens is 326 g/mol. The monoisotopic (exact) mass is 353 g/mol. The SMILES string of the molecule is CC[C@@]12C[C@H]3C[C@@](O)(C1)C[C@@](C(=O)NCc1nc4ccccc4[nH]1)(C3)C2. The Labute approximate surface area is 153 Å². The molecule has 0 unspecified atom stereocenters. The fourth-order valence-electron chi connectivity index (χ4n) is 6.67. The second-order valence-electron chi connectivity index (χ2n) is 9.25. The molecule has 4 bridgehead atoms. The molecule has 1 amide bonds. The first-order chi connectivity index (χ1) is 12.4. The van der Waals surface area contributed by atoms with Crippen LogP contribution in [0.15, 0.2) is 24.3 Å². The summed E-state index contributed by atoms with van der Waals surface area (Å²) < 4.78 is 0. The summed E-state index contributed by atoms with van der Waals surface area (Å²) in [5.41, 5.74) is 1.05. The Hall–Kier alpha value is -1.88. The van der Waals surface area contributed by atoms with Gasteiger partial charge in [0.15, 0.2) is 0 Å². The van der Waals surface area contributed by atoms with Gasteiger partial charge in [-0.15, -0.1) is 0 Å². The molecule has 1 heterocycles. The maximum atomic E-state index is 13.2. The third kappa shape index (κ3) is 2.40. The molecule has 0 radical (unpaired) electrons. The van der Waals surface area contributed by atoms with Crippen molar-refractivity contribution < 1.29 is 9.90 Å². The van der Waals surface area contributed by atoms with Gasteiger partial charge in [-0.2, -0.15) is 0 Å². The summed E-state index contributed by atoms with van der Waals surface area (Å²) in [6.07, 6.45) is 6.50. The van der Waals surface area contributed by atoms with Crippen molar-refractivity contribution >= 4 is 16.9 Å². The van der Waals surface area contributed by atoms with Crippen molar-refractivity contribution in [1.82, 2.24) is 15.3 Å². The number of fused-ring (bicyclic) bond motifs is 1. The van der Waals surface area contributed by atoms with E-state index in [1.807, 2.05) is 24.3 Å². The van der Waals surface area contributed by atoms with E-state index in [1.165, 1.54) is 6.42 Å². The molecule has 5 heteroatoms. The van der Waals surface area contributed by atoms with Crippen LogP contribution in [0.2, 0.25) is 0 Å². The molecule has 4 saturated carbocycles. The number of nitrogens with zero attached hydrogens (tertiary/aromatic N) is 1. The van der Waals surface area contributed by atoms with Gasteiger partial charge < -0.3 is 15.4 Å². The largest absolute Gasteiger partial charge is 0.390 e. The molecule has 4 fully saturated rings. The van der Waals surface area contributed by atoms with E-state index >= 15 is 0 Å². The molecule has 4 aliphatic carbocycles. The summed E-state index contributed by atoms with van der Waals surface area (Å²) in [4.78, 5) is 21.1. The molecule has 0 aliphatic heterocycles. The zero-order valence-electron chi connectivity index (χ0n) is 15.3. The number of aromatic nitrogens is 2. The van der Waals surface area contributed by atoms with Crippen LogP contribution in [0, 0.1) is 16.7 Å². The molecule has 26 heavy (non-hydrogen) atoms. The summed E-state index contributed by atoms with van der Waals surface area (Å²) in [7, 11) is 0. The molecule has 138 valence electrons. The van der Waals surface area contributed by atoms with E-state index in [-0.39, 0.29) is 11.3 Å². The third-order valence-electron chi connectivity index (χ3n) is 7.24. The van der Waals surface area contributed by atoms with Gasteiger partial charge in [0.05, 0.1) is 28.6 Å². The van der Waals surface area contributed by atoms with Crippen molar-refractivity contribution in [2.45, 2.75) is 64.0 Å². The summed E-state index contributed by atoms with van der Waals surface area (Å²) in [6.45, 7) is 2.63. The Balaban J connectivity index is 1.36. The number of amides is 1. The minimum absolute atomic E-state index is 0.110. The summed E-state index contributed by atoms with van der Waals surface area (Å²) in [5, 5.41) is 14.2. The molecule has 0 saturated heterocycles. The maximum absolute atomic E-state index is 13.2. The number of carbonyl (C=O) groups is 1. The van der Waals surface area contributed by atoms with Crippen LogP contribution in [0.5, 0.6) is 0 Å². The number of hydrogen-bond acceptors (Lipinski definition) is 3. The predicted molar refractivity (Wildman–Crippen MR) is 99.2 cm³/mol. The Kier molecular flexibility index (Phi) is 3.34. The van der Waals surface area contributed by atoms with Crippen molar-refractivity contribution in [2.75, 3.05) is 0 Å². The van der Waals surface area contributed by atoms with E-state index < -0.39 is 11.0 Å². The van der Waals surface area contributed by atoms with Gasteiger partial charge >= 0.3 is 0 Å².